The molecule has 3 rings (SSSR count). The molecule has 10 heteroatoms. The molecule has 8 nitrogen and oxygen atoms in total. The molecule has 0 saturated carbocycles. The van der Waals surface area contributed by atoms with Crippen molar-refractivity contribution in [3.63, 3.8) is 0 Å². The first-order chi connectivity index (χ1) is 12.2. The van der Waals surface area contributed by atoms with Crippen molar-refractivity contribution in [3.05, 3.63) is 60.5 Å². The highest BCUT2D eigenvalue weighted by molar-refractivity contribution is 6.42. The number of carbonyl (C=O) groups is 1. The third-order valence-electron chi connectivity index (χ3n) is 3.89. The van der Waals surface area contributed by atoms with Gasteiger partial charge in [0.15, 0.2) is 0 Å². The molecule has 0 saturated heterocycles. The van der Waals surface area contributed by atoms with E-state index in [9.17, 15) is 14.4 Å². The average molecular weight is 394 g/mol. The van der Waals surface area contributed by atoms with Crippen LogP contribution in [0.5, 0.6) is 0 Å². The van der Waals surface area contributed by atoms with E-state index < -0.39 is 17.2 Å². The Labute approximate surface area is 157 Å². The largest absolute Gasteiger partial charge is 0.332 e. The van der Waals surface area contributed by atoms with Gasteiger partial charge < -0.3 is 5.32 Å². The SMILES string of the molecule is Cc1cc(C(=O)Nc2cc(Cl)c(Cl)cn2)nc2c1c(=O)n(C)c(=O)n2C. The lowest BCUT2D eigenvalue weighted by molar-refractivity contribution is 0.102. The summed E-state index contributed by atoms with van der Waals surface area (Å²) in [5, 5.41) is 3.33. The molecule has 0 aromatic carbocycles. The number of nitrogens with one attached hydrogen (secondary N) is 1. The van der Waals surface area contributed by atoms with Gasteiger partial charge in [-0.25, -0.2) is 14.8 Å². The Kier molecular flexibility index (Phi) is 4.55. The standard InChI is InChI=1S/C16H13Cl2N5O3/c1-7-4-10(14(24)21-11-5-8(17)9(18)6-19-11)20-13-12(7)15(25)23(3)16(26)22(13)2/h4-6H,1-3H3,(H,19,21,24). The molecule has 0 aliphatic heterocycles. The number of carbonyl (C=O) groups excluding carboxylic acids is 1. The first-order valence-corrected chi connectivity index (χ1v) is 8.16. The van der Waals surface area contributed by atoms with E-state index in [-0.39, 0.29) is 32.6 Å². The monoisotopic (exact) mass is 393 g/mol. The molecule has 0 spiro atoms. The number of aryl methyl sites for hydroxylation is 2. The van der Waals surface area contributed by atoms with Crippen LogP contribution in [-0.4, -0.2) is 25.0 Å². The first kappa shape index (κ1) is 18.1. The predicted molar refractivity (Wildman–Crippen MR) is 99.2 cm³/mol. The molecule has 0 atom stereocenters. The van der Waals surface area contributed by atoms with E-state index in [4.69, 9.17) is 23.2 Å². The van der Waals surface area contributed by atoms with Gasteiger partial charge >= 0.3 is 5.69 Å². The number of hydrogen-bond acceptors (Lipinski definition) is 5. The summed E-state index contributed by atoms with van der Waals surface area (Å²) in [5.74, 6) is -0.365. The molecule has 134 valence electrons. The van der Waals surface area contributed by atoms with Crippen molar-refractivity contribution in [3.8, 4) is 0 Å². The number of anilines is 1. The summed E-state index contributed by atoms with van der Waals surface area (Å²) < 4.78 is 2.22. The van der Waals surface area contributed by atoms with Crippen molar-refractivity contribution in [1.82, 2.24) is 19.1 Å². The van der Waals surface area contributed by atoms with Gasteiger partial charge in [0.2, 0.25) is 0 Å². The van der Waals surface area contributed by atoms with Crippen LogP contribution in [0.2, 0.25) is 10.0 Å². The van der Waals surface area contributed by atoms with Crippen LogP contribution in [0.4, 0.5) is 5.82 Å². The van der Waals surface area contributed by atoms with Gasteiger partial charge in [0.1, 0.15) is 17.2 Å². The lowest BCUT2D eigenvalue weighted by atomic mass is 10.1. The van der Waals surface area contributed by atoms with E-state index in [2.05, 4.69) is 15.3 Å². The van der Waals surface area contributed by atoms with Crippen LogP contribution in [0.15, 0.2) is 27.9 Å². The smallest absolute Gasteiger partial charge is 0.305 e. The lowest BCUT2D eigenvalue weighted by Gasteiger charge is -2.11. The second-order valence-corrected chi connectivity index (χ2v) is 6.48. The van der Waals surface area contributed by atoms with Crippen LogP contribution in [0.1, 0.15) is 16.1 Å². The van der Waals surface area contributed by atoms with Gasteiger partial charge in [-0.15, -0.1) is 0 Å². The van der Waals surface area contributed by atoms with Crippen molar-refractivity contribution in [2.75, 3.05) is 5.32 Å². The normalized spacial score (nSPS) is 11.0. The zero-order valence-corrected chi connectivity index (χ0v) is 15.5. The summed E-state index contributed by atoms with van der Waals surface area (Å²) in [5.41, 5.74) is -0.306. The van der Waals surface area contributed by atoms with E-state index in [0.717, 1.165) is 4.57 Å². The lowest BCUT2D eigenvalue weighted by Crippen LogP contribution is -2.38. The van der Waals surface area contributed by atoms with Crippen molar-refractivity contribution in [1.29, 1.82) is 0 Å². The van der Waals surface area contributed by atoms with Gasteiger partial charge in [-0.05, 0) is 18.6 Å². The van der Waals surface area contributed by atoms with Gasteiger partial charge in [0.05, 0.1) is 15.4 Å². The summed E-state index contributed by atoms with van der Waals surface area (Å²) in [7, 11) is 2.87. The third kappa shape index (κ3) is 2.97. The van der Waals surface area contributed by atoms with Crippen molar-refractivity contribution in [2.24, 2.45) is 14.1 Å². The highest BCUT2D eigenvalue weighted by Gasteiger charge is 2.17. The average Bonchev–Trinajstić information content (AvgIpc) is 2.60. The van der Waals surface area contributed by atoms with Crippen LogP contribution in [0.3, 0.4) is 0 Å². The van der Waals surface area contributed by atoms with Gasteiger partial charge in [0, 0.05) is 26.4 Å². The Balaban J connectivity index is 2.11. The molecular formula is C16H13Cl2N5O3. The minimum Gasteiger partial charge on any atom is -0.305 e. The second kappa shape index (κ2) is 6.54. The Morgan fingerprint density at radius 3 is 2.46 bits per heavy atom. The van der Waals surface area contributed by atoms with Gasteiger partial charge in [-0.1, -0.05) is 23.2 Å². The highest BCUT2D eigenvalue weighted by atomic mass is 35.5. The van der Waals surface area contributed by atoms with Crippen LogP contribution in [0, 0.1) is 6.92 Å². The van der Waals surface area contributed by atoms with Crippen LogP contribution in [0.25, 0.3) is 11.0 Å². The number of amides is 1. The number of fused-ring (bicyclic) bond motifs is 1. The highest BCUT2D eigenvalue weighted by Crippen LogP contribution is 2.23. The van der Waals surface area contributed by atoms with Crippen molar-refractivity contribution >= 4 is 46.0 Å². The fourth-order valence-electron chi connectivity index (χ4n) is 2.51. The predicted octanol–water partition coefficient (Wildman–Crippen LogP) is 1.89. The Bertz CT molecular complexity index is 1180. The molecule has 0 bridgehead atoms. The quantitative estimate of drug-likeness (QED) is 0.716. The number of hydrogen-bond donors (Lipinski definition) is 1. The van der Waals surface area contributed by atoms with Crippen LogP contribution in [-0.2, 0) is 14.1 Å². The maximum Gasteiger partial charge on any atom is 0.332 e. The van der Waals surface area contributed by atoms with E-state index >= 15 is 0 Å². The maximum absolute atomic E-state index is 12.5. The van der Waals surface area contributed by atoms with Crippen molar-refractivity contribution < 1.29 is 4.79 Å². The summed E-state index contributed by atoms with van der Waals surface area (Å²) in [6.45, 7) is 1.67. The number of pyridine rings is 2. The van der Waals surface area contributed by atoms with E-state index in [1.54, 1.807) is 6.92 Å². The second-order valence-electron chi connectivity index (χ2n) is 5.67. The number of halogens is 2. The minimum atomic E-state index is -0.561. The van der Waals surface area contributed by atoms with Crippen molar-refractivity contribution in [2.45, 2.75) is 6.92 Å². The molecule has 3 aromatic rings. The molecule has 0 fully saturated rings. The third-order valence-corrected chi connectivity index (χ3v) is 4.60. The molecule has 0 aliphatic carbocycles. The summed E-state index contributed by atoms with van der Waals surface area (Å²) >= 11 is 11.7. The molecule has 1 N–H and O–H groups in total. The Morgan fingerprint density at radius 1 is 1.12 bits per heavy atom. The molecule has 0 aliphatic rings. The maximum atomic E-state index is 12.5. The fraction of sp³-hybridized carbons (Fsp3) is 0.188. The first-order valence-electron chi connectivity index (χ1n) is 7.40. The topological polar surface area (TPSA) is 98.9 Å². The van der Waals surface area contributed by atoms with Gasteiger partial charge in [-0.3, -0.25) is 18.7 Å². The van der Waals surface area contributed by atoms with Gasteiger partial charge in [-0.2, -0.15) is 0 Å². The Morgan fingerprint density at radius 2 is 1.81 bits per heavy atom. The Hall–Kier alpha value is -2.71. The van der Waals surface area contributed by atoms with E-state index in [0.29, 0.717) is 5.56 Å². The summed E-state index contributed by atoms with van der Waals surface area (Å²) in [6.07, 6.45) is 1.31. The molecule has 26 heavy (non-hydrogen) atoms. The summed E-state index contributed by atoms with van der Waals surface area (Å²) in [4.78, 5) is 45.1. The molecule has 1 amide bonds. The van der Waals surface area contributed by atoms with Crippen LogP contribution >= 0.6 is 23.2 Å². The number of nitrogens with zero attached hydrogens (tertiary/aromatic N) is 4. The molecule has 0 radical (unpaired) electrons. The molecule has 0 unspecified atom stereocenters. The van der Waals surface area contributed by atoms with E-state index in [1.165, 1.54) is 37.0 Å². The number of aromatic nitrogens is 4. The zero-order valence-electron chi connectivity index (χ0n) is 14.0. The molecule has 3 heterocycles. The fourth-order valence-corrected chi connectivity index (χ4v) is 2.77. The molecule has 3 aromatic heterocycles. The zero-order chi connectivity index (χ0) is 19.2. The molecular weight excluding hydrogens is 381 g/mol. The summed E-state index contributed by atoms with van der Waals surface area (Å²) in [6, 6.07) is 2.88. The van der Waals surface area contributed by atoms with Crippen LogP contribution < -0.4 is 16.6 Å². The van der Waals surface area contributed by atoms with Gasteiger partial charge in [0.25, 0.3) is 11.5 Å². The van der Waals surface area contributed by atoms with E-state index in [1.807, 2.05) is 0 Å². The number of rotatable bonds is 2. The minimum absolute atomic E-state index is 0.0334.